The minimum Gasteiger partial charge on any atom is -0.479 e. The lowest BCUT2D eigenvalue weighted by Crippen LogP contribution is -2.53. The SMILES string of the molecule is CC(C)C[C@H](NC(=O)OC1CCCC1)C(=O)N[C@@H](C[C@@H]1CCNC1=O)C(=O)COc1c(F)c(F)cc(F)c1F. The first-order valence-electron chi connectivity index (χ1n) is 13.0. The predicted octanol–water partition coefficient (Wildman–Crippen LogP) is 3.29. The Morgan fingerprint density at radius 3 is 2.21 bits per heavy atom. The molecule has 13 heteroatoms. The highest BCUT2D eigenvalue weighted by Crippen LogP contribution is 2.27. The van der Waals surface area contributed by atoms with Crippen LogP contribution in [0.2, 0.25) is 0 Å². The number of nitrogens with one attached hydrogen (secondary N) is 3. The van der Waals surface area contributed by atoms with Gasteiger partial charge in [0.25, 0.3) is 0 Å². The number of carbonyl (C=O) groups is 4. The molecule has 1 heterocycles. The Bertz CT molecular complexity index is 1050. The highest BCUT2D eigenvalue weighted by atomic mass is 19.2. The summed E-state index contributed by atoms with van der Waals surface area (Å²) in [5.74, 6) is -11.2. The molecule has 3 rings (SSSR count). The van der Waals surface area contributed by atoms with E-state index in [1.807, 2.05) is 13.8 Å². The molecule has 39 heavy (non-hydrogen) atoms. The molecule has 2 aliphatic rings. The number of alkyl carbamates (subject to hydrolysis) is 1. The molecule has 216 valence electrons. The van der Waals surface area contributed by atoms with E-state index in [1.165, 1.54) is 0 Å². The normalized spacial score (nSPS) is 18.9. The number of hydrogen-bond donors (Lipinski definition) is 3. The standard InChI is InChI=1S/C26H33F4N3O6/c1-13(2)9-19(33-26(37)39-15-5-3-4-6-15)25(36)32-18(10-14-7-8-31-24(14)35)20(34)12-38-23-21(29)16(27)11-17(28)22(23)30/h11,13-15,18-19H,3-10,12H2,1-2H3,(H,31,35)(H,32,36)(H,33,37)/t14-,18-,19-/m0/s1. The quantitative estimate of drug-likeness (QED) is 0.267. The van der Waals surface area contributed by atoms with Gasteiger partial charge in [0.2, 0.25) is 23.4 Å². The van der Waals surface area contributed by atoms with Gasteiger partial charge in [-0.25, -0.2) is 13.6 Å². The zero-order valence-electron chi connectivity index (χ0n) is 21.8. The third-order valence-corrected chi connectivity index (χ3v) is 6.71. The molecule has 1 saturated heterocycles. The van der Waals surface area contributed by atoms with E-state index in [4.69, 9.17) is 9.47 Å². The van der Waals surface area contributed by atoms with Crippen molar-refractivity contribution in [2.75, 3.05) is 13.2 Å². The van der Waals surface area contributed by atoms with Gasteiger partial charge < -0.3 is 25.4 Å². The molecule has 0 bridgehead atoms. The second kappa shape index (κ2) is 13.6. The Balaban J connectivity index is 1.73. The molecule has 9 nitrogen and oxygen atoms in total. The maximum Gasteiger partial charge on any atom is 0.408 e. The summed E-state index contributed by atoms with van der Waals surface area (Å²) in [6.07, 6.45) is 2.72. The number of rotatable bonds is 12. The molecule has 0 aromatic heterocycles. The first-order valence-corrected chi connectivity index (χ1v) is 13.0. The summed E-state index contributed by atoms with van der Waals surface area (Å²) in [6.45, 7) is 2.95. The second-order valence-electron chi connectivity index (χ2n) is 10.3. The fourth-order valence-corrected chi connectivity index (χ4v) is 4.66. The van der Waals surface area contributed by atoms with Crippen molar-refractivity contribution in [2.45, 2.75) is 77.0 Å². The van der Waals surface area contributed by atoms with Gasteiger partial charge in [-0.2, -0.15) is 8.78 Å². The molecule has 2 fully saturated rings. The van der Waals surface area contributed by atoms with E-state index in [9.17, 15) is 36.7 Å². The van der Waals surface area contributed by atoms with Gasteiger partial charge in [0, 0.05) is 18.5 Å². The van der Waals surface area contributed by atoms with Crippen LogP contribution in [0.25, 0.3) is 0 Å². The average Bonchev–Trinajstić information content (AvgIpc) is 3.53. The van der Waals surface area contributed by atoms with Crippen molar-refractivity contribution in [3.63, 3.8) is 0 Å². The zero-order chi connectivity index (χ0) is 28.7. The smallest absolute Gasteiger partial charge is 0.408 e. The molecule has 0 radical (unpaired) electrons. The minimum absolute atomic E-state index is 0.000659. The number of ketones is 1. The van der Waals surface area contributed by atoms with E-state index in [0.717, 1.165) is 25.7 Å². The Morgan fingerprint density at radius 1 is 1.00 bits per heavy atom. The molecule has 1 saturated carbocycles. The summed E-state index contributed by atoms with van der Waals surface area (Å²) < 4.78 is 65.2. The molecule has 1 aliphatic carbocycles. The zero-order valence-corrected chi connectivity index (χ0v) is 21.8. The fourth-order valence-electron chi connectivity index (χ4n) is 4.66. The van der Waals surface area contributed by atoms with Crippen molar-refractivity contribution in [2.24, 2.45) is 11.8 Å². The Hall–Kier alpha value is -3.38. The van der Waals surface area contributed by atoms with E-state index in [1.54, 1.807) is 0 Å². The number of benzene rings is 1. The Labute approximate surface area is 223 Å². The maximum atomic E-state index is 14.0. The molecule has 1 aromatic carbocycles. The summed E-state index contributed by atoms with van der Waals surface area (Å²) in [5.41, 5.74) is 0. The van der Waals surface area contributed by atoms with Crippen LogP contribution in [0.5, 0.6) is 5.75 Å². The van der Waals surface area contributed by atoms with Crippen LogP contribution >= 0.6 is 0 Å². The van der Waals surface area contributed by atoms with Crippen LogP contribution in [0.15, 0.2) is 6.07 Å². The van der Waals surface area contributed by atoms with Crippen molar-refractivity contribution < 1.29 is 46.2 Å². The molecular weight excluding hydrogens is 526 g/mol. The maximum absolute atomic E-state index is 14.0. The predicted molar refractivity (Wildman–Crippen MR) is 130 cm³/mol. The lowest BCUT2D eigenvalue weighted by molar-refractivity contribution is -0.131. The number of ether oxygens (including phenoxy) is 2. The van der Waals surface area contributed by atoms with E-state index < -0.39 is 71.4 Å². The van der Waals surface area contributed by atoms with Gasteiger partial charge in [0.1, 0.15) is 18.8 Å². The van der Waals surface area contributed by atoms with E-state index >= 15 is 0 Å². The number of Topliss-reactive ketones (excluding diaryl/α,β-unsaturated/α-hetero) is 1. The number of hydrogen-bond acceptors (Lipinski definition) is 6. The number of amides is 3. The summed E-state index contributed by atoms with van der Waals surface area (Å²) in [5, 5.41) is 7.64. The van der Waals surface area contributed by atoms with Crippen molar-refractivity contribution in [1.29, 1.82) is 0 Å². The van der Waals surface area contributed by atoms with Crippen LogP contribution in [-0.4, -0.2) is 55.0 Å². The van der Waals surface area contributed by atoms with Crippen LogP contribution in [0, 0.1) is 35.1 Å². The van der Waals surface area contributed by atoms with Crippen LogP contribution in [0.4, 0.5) is 22.4 Å². The molecule has 0 unspecified atom stereocenters. The molecule has 0 spiro atoms. The van der Waals surface area contributed by atoms with E-state index in [-0.39, 0.29) is 36.8 Å². The van der Waals surface area contributed by atoms with Gasteiger partial charge in [-0.1, -0.05) is 13.8 Å². The second-order valence-corrected chi connectivity index (χ2v) is 10.3. The molecule has 1 aromatic rings. The van der Waals surface area contributed by atoms with Crippen LogP contribution in [-0.2, 0) is 19.1 Å². The van der Waals surface area contributed by atoms with Crippen LogP contribution in [0.3, 0.4) is 0 Å². The Kier molecular flexibility index (Phi) is 10.5. The van der Waals surface area contributed by atoms with Crippen molar-refractivity contribution in [3.05, 3.63) is 29.3 Å². The van der Waals surface area contributed by atoms with E-state index in [0.29, 0.717) is 13.0 Å². The van der Waals surface area contributed by atoms with Gasteiger partial charge in [-0.3, -0.25) is 14.4 Å². The molecular formula is C26H33F4N3O6. The summed E-state index contributed by atoms with van der Waals surface area (Å²) in [4.78, 5) is 50.8. The molecule has 3 amide bonds. The Morgan fingerprint density at radius 2 is 1.64 bits per heavy atom. The summed E-state index contributed by atoms with van der Waals surface area (Å²) in [7, 11) is 0. The largest absolute Gasteiger partial charge is 0.479 e. The van der Waals surface area contributed by atoms with Gasteiger partial charge in [-0.15, -0.1) is 0 Å². The van der Waals surface area contributed by atoms with Crippen LogP contribution in [0.1, 0.15) is 58.8 Å². The van der Waals surface area contributed by atoms with Crippen molar-refractivity contribution >= 4 is 23.7 Å². The lowest BCUT2D eigenvalue weighted by atomic mass is 9.95. The van der Waals surface area contributed by atoms with Gasteiger partial charge >= 0.3 is 6.09 Å². The van der Waals surface area contributed by atoms with Crippen LogP contribution < -0.4 is 20.7 Å². The monoisotopic (exact) mass is 559 g/mol. The number of halogens is 4. The first-order chi connectivity index (χ1) is 18.5. The molecule has 3 N–H and O–H groups in total. The van der Waals surface area contributed by atoms with Crippen molar-refractivity contribution in [3.8, 4) is 5.75 Å². The van der Waals surface area contributed by atoms with Crippen molar-refractivity contribution in [1.82, 2.24) is 16.0 Å². The molecule has 3 atom stereocenters. The van der Waals surface area contributed by atoms with Gasteiger partial charge in [0.15, 0.2) is 23.2 Å². The topological polar surface area (TPSA) is 123 Å². The fraction of sp³-hybridized carbons (Fsp3) is 0.615. The third-order valence-electron chi connectivity index (χ3n) is 6.71. The van der Waals surface area contributed by atoms with Gasteiger partial charge in [0.05, 0.1) is 6.04 Å². The molecule has 1 aliphatic heterocycles. The average molecular weight is 560 g/mol. The summed E-state index contributed by atoms with van der Waals surface area (Å²) in [6, 6.07) is -2.45. The third kappa shape index (κ3) is 8.30. The van der Waals surface area contributed by atoms with E-state index in [2.05, 4.69) is 16.0 Å². The first kappa shape index (κ1) is 30.2. The minimum atomic E-state index is -1.82. The highest BCUT2D eigenvalue weighted by molar-refractivity contribution is 5.93. The highest BCUT2D eigenvalue weighted by Gasteiger charge is 2.34. The number of carbonyl (C=O) groups excluding carboxylic acids is 4. The van der Waals surface area contributed by atoms with Gasteiger partial charge in [-0.05, 0) is 50.9 Å². The summed E-state index contributed by atoms with van der Waals surface area (Å²) >= 11 is 0. The lowest BCUT2D eigenvalue weighted by Gasteiger charge is -2.25.